The Balaban J connectivity index is 2.15. The summed E-state index contributed by atoms with van der Waals surface area (Å²) in [5.74, 6) is 1.24. The van der Waals surface area contributed by atoms with Crippen molar-refractivity contribution in [2.75, 3.05) is 5.75 Å². The highest BCUT2D eigenvalue weighted by Gasteiger charge is 2.10. The van der Waals surface area contributed by atoms with Crippen molar-refractivity contribution in [3.05, 3.63) is 35.9 Å². The van der Waals surface area contributed by atoms with Crippen LogP contribution in [0, 0.1) is 0 Å². The Morgan fingerprint density at radius 2 is 1.76 bits per heavy atom. The lowest BCUT2D eigenvalue weighted by molar-refractivity contribution is 0.605. The first kappa shape index (κ1) is 14.6. The van der Waals surface area contributed by atoms with Crippen LogP contribution in [-0.4, -0.2) is 10.5 Å². The Morgan fingerprint density at radius 3 is 2.35 bits per heavy atom. The van der Waals surface area contributed by atoms with Crippen LogP contribution in [0.25, 0.3) is 0 Å². The molecule has 0 saturated carbocycles. The lowest BCUT2D eigenvalue weighted by Gasteiger charge is -2.17. The lowest BCUT2D eigenvalue weighted by atomic mass is 10.0. The second-order valence-corrected chi connectivity index (χ2v) is 7.40. The quantitative estimate of drug-likeness (QED) is 0.759. The molecule has 0 heterocycles. The van der Waals surface area contributed by atoms with E-state index in [9.17, 15) is 0 Å². The van der Waals surface area contributed by atoms with Crippen LogP contribution in [-0.2, 0) is 0 Å². The summed E-state index contributed by atoms with van der Waals surface area (Å²) in [6.45, 7) is 6.81. The third-order valence-electron chi connectivity index (χ3n) is 2.67. The molecule has 1 rings (SSSR count). The van der Waals surface area contributed by atoms with Gasteiger partial charge in [0, 0.05) is 10.8 Å². The first-order valence-corrected chi connectivity index (χ1v) is 7.42. The third-order valence-corrected chi connectivity index (χ3v) is 4.03. The topological polar surface area (TPSA) is 26.0 Å². The zero-order valence-electron chi connectivity index (χ0n) is 11.3. The molecular formula is C15H25NS. The molecule has 2 N–H and O–H groups in total. The minimum atomic E-state index is 0.204. The van der Waals surface area contributed by atoms with Gasteiger partial charge in [0.15, 0.2) is 0 Å². The van der Waals surface area contributed by atoms with Gasteiger partial charge < -0.3 is 5.73 Å². The molecule has 0 radical (unpaired) electrons. The van der Waals surface area contributed by atoms with Crippen LogP contribution in [0.2, 0.25) is 0 Å². The minimum absolute atomic E-state index is 0.204. The summed E-state index contributed by atoms with van der Waals surface area (Å²) in [5, 5.41) is 0. The van der Waals surface area contributed by atoms with Gasteiger partial charge in [-0.25, -0.2) is 0 Å². The average molecular weight is 251 g/mol. The number of rotatable bonds is 6. The van der Waals surface area contributed by atoms with Gasteiger partial charge in [-0.15, -0.1) is 0 Å². The fraction of sp³-hybridized carbons (Fsp3) is 0.600. The maximum Gasteiger partial charge on any atom is 0.0294 e. The van der Waals surface area contributed by atoms with E-state index in [0.717, 1.165) is 6.42 Å². The van der Waals surface area contributed by atoms with Crippen LogP contribution in [0.3, 0.4) is 0 Å². The van der Waals surface area contributed by atoms with Gasteiger partial charge >= 0.3 is 0 Å². The van der Waals surface area contributed by atoms with Crippen molar-refractivity contribution >= 4 is 11.8 Å². The molecule has 0 saturated heterocycles. The standard InChI is InChI=1S/C15H25NS/c1-15(2,3)17-12-8-7-11-14(16)13-9-5-4-6-10-13/h4-6,9-10,14H,7-8,11-12,16H2,1-3H3. The van der Waals surface area contributed by atoms with E-state index in [1.165, 1.54) is 24.2 Å². The molecular weight excluding hydrogens is 226 g/mol. The molecule has 0 bridgehead atoms. The number of hydrogen-bond acceptors (Lipinski definition) is 2. The first-order chi connectivity index (χ1) is 7.99. The van der Waals surface area contributed by atoms with E-state index in [-0.39, 0.29) is 6.04 Å². The summed E-state index contributed by atoms with van der Waals surface area (Å²) in [7, 11) is 0. The van der Waals surface area contributed by atoms with Crippen molar-refractivity contribution in [3.63, 3.8) is 0 Å². The summed E-state index contributed by atoms with van der Waals surface area (Å²) < 4.78 is 0.390. The molecule has 0 amide bonds. The van der Waals surface area contributed by atoms with Crippen LogP contribution < -0.4 is 5.73 Å². The number of thioether (sulfide) groups is 1. The Labute approximate surface area is 110 Å². The highest BCUT2D eigenvalue weighted by atomic mass is 32.2. The Hall–Kier alpha value is -0.470. The number of unbranched alkanes of at least 4 members (excludes halogenated alkanes) is 1. The van der Waals surface area contributed by atoms with E-state index in [1.54, 1.807) is 0 Å². The molecule has 0 aliphatic heterocycles. The van der Waals surface area contributed by atoms with Crippen molar-refractivity contribution in [2.45, 2.75) is 50.8 Å². The van der Waals surface area contributed by atoms with Gasteiger partial charge in [-0.05, 0) is 24.2 Å². The molecule has 0 aliphatic rings. The van der Waals surface area contributed by atoms with Crippen molar-refractivity contribution < 1.29 is 0 Å². The Morgan fingerprint density at radius 1 is 1.12 bits per heavy atom. The van der Waals surface area contributed by atoms with Crippen LogP contribution in [0.4, 0.5) is 0 Å². The smallest absolute Gasteiger partial charge is 0.0294 e. The zero-order chi connectivity index (χ0) is 12.7. The van der Waals surface area contributed by atoms with Gasteiger partial charge in [0.05, 0.1) is 0 Å². The Kier molecular flexibility index (Phi) is 6.07. The summed E-state index contributed by atoms with van der Waals surface area (Å²) >= 11 is 2.04. The number of nitrogens with two attached hydrogens (primary N) is 1. The van der Waals surface area contributed by atoms with Crippen LogP contribution in [0.5, 0.6) is 0 Å². The molecule has 96 valence electrons. The van der Waals surface area contributed by atoms with Crippen LogP contribution in [0.1, 0.15) is 51.6 Å². The molecule has 1 aromatic rings. The van der Waals surface area contributed by atoms with Gasteiger partial charge in [-0.3, -0.25) is 0 Å². The molecule has 1 atom stereocenters. The predicted octanol–water partition coefficient (Wildman–Crippen LogP) is 4.39. The van der Waals surface area contributed by atoms with Crippen molar-refractivity contribution in [3.8, 4) is 0 Å². The maximum atomic E-state index is 6.16. The Bertz CT molecular complexity index is 302. The van der Waals surface area contributed by atoms with Gasteiger partial charge in [0.2, 0.25) is 0 Å². The van der Waals surface area contributed by atoms with E-state index in [4.69, 9.17) is 5.73 Å². The molecule has 1 nitrogen and oxygen atoms in total. The van der Waals surface area contributed by atoms with Gasteiger partial charge in [0.25, 0.3) is 0 Å². The summed E-state index contributed by atoms with van der Waals surface area (Å²) in [6.07, 6.45) is 3.58. The van der Waals surface area contributed by atoms with Gasteiger partial charge in [0.1, 0.15) is 0 Å². The zero-order valence-corrected chi connectivity index (χ0v) is 12.1. The fourth-order valence-corrected chi connectivity index (χ4v) is 2.67. The third kappa shape index (κ3) is 6.75. The predicted molar refractivity (Wildman–Crippen MR) is 79.4 cm³/mol. The first-order valence-electron chi connectivity index (χ1n) is 6.43. The molecule has 0 aliphatic carbocycles. The molecule has 0 spiro atoms. The van der Waals surface area contributed by atoms with Gasteiger partial charge in [-0.1, -0.05) is 57.5 Å². The van der Waals surface area contributed by atoms with E-state index in [0.29, 0.717) is 4.75 Å². The van der Waals surface area contributed by atoms with Crippen LogP contribution in [0.15, 0.2) is 30.3 Å². The number of hydrogen-bond donors (Lipinski definition) is 1. The van der Waals surface area contributed by atoms with Crippen molar-refractivity contribution in [1.82, 2.24) is 0 Å². The number of benzene rings is 1. The van der Waals surface area contributed by atoms with Crippen molar-refractivity contribution in [1.29, 1.82) is 0 Å². The monoisotopic (exact) mass is 251 g/mol. The summed E-state index contributed by atoms with van der Waals surface area (Å²) in [4.78, 5) is 0. The summed E-state index contributed by atoms with van der Waals surface area (Å²) in [6, 6.07) is 10.6. The van der Waals surface area contributed by atoms with E-state index in [2.05, 4.69) is 45.0 Å². The fourth-order valence-electron chi connectivity index (χ4n) is 1.71. The normalized spacial score (nSPS) is 13.6. The second-order valence-electron chi connectivity index (χ2n) is 5.47. The molecule has 2 heteroatoms. The van der Waals surface area contributed by atoms with Crippen LogP contribution >= 0.6 is 11.8 Å². The molecule has 0 fully saturated rings. The SMILES string of the molecule is CC(C)(C)SCCCCC(N)c1ccccc1. The maximum absolute atomic E-state index is 6.16. The van der Waals surface area contributed by atoms with E-state index in [1.807, 2.05) is 17.8 Å². The largest absolute Gasteiger partial charge is 0.324 e. The second kappa shape index (κ2) is 7.07. The molecule has 0 aromatic heterocycles. The average Bonchev–Trinajstić information content (AvgIpc) is 2.28. The lowest BCUT2D eigenvalue weighted by Crippen LogP contribution is -2.11. The highest BCUT2D eigenvalue weighted by molar-refractivity contribution is 8.00. The molecule has 1 unspecified atom stereocenters. The van der Waals surface area contributed by atoms with Crippen molar-refractivity contribution in [2.24, 2.45) is 5.73 Å². The minimum Gasteiger partial charge on any atom is -0.324 e. The highest BCUT2D eigenvalue weighted by Crippen LogP contribution is 2.25. The summed E-state index contributed by atoms with van der Waals surface area (Å²) in [5.41, 5.74) is 7.42. The van der Waals surface area contributed by atoms with Gasteiger partial charge in [-0.2, -0.15) is 11.8 Å². The molecule has 17 heavy (non-hydrogen) atoms. The van der Waals surface area contributed by atoms with E-state index >= 15 is 0 Å². The van der Waals surface area contributed by atoms with E-state index < -0.39 is 0 Å². The molecule has 1 aromatic carbocycles.